The molecule has 2 rings (SSSR count). The molecule has 0 bridgehead atoms. The second-order valence-corrected chi connectivity index (χ2v) is 4.15. The minimum absolute atomic E-state index is 0.0608. The van der Waals surface area contributed by atoms with Gasteiger partial charge in [-0.1, -0.05) is 30.3 Å². The van der Waals surface area contributed by atoms with E-state index in [9.17, 15) is 4.79 Å². The Morgan fingerprint density at radius 1 is 1.10 bits per heavy atom. The van der Waals surface area contributed by atoms with E-state index in [0.29, 0.717) is 17.1 Å². The van der Waals surface area contributed by atoms with Gasteiger partial charge in [-0.05, 0) is 35.9 Å². The maximum Gasteiger partial charge on any atom is 0.348 e. The molecule has 2 aromatic carbocycles. The number of carbonyl (C=O) groups excluding carboxylic acids is 1. The van der Waals surface area contributed by atoms with Crippen LogP contribution in [0.4, 0.5) is 0 Å². The first-order valence-corrected chi connectivity index (χ1v) is 6.26. The molecule has 0 radical (unpaired) electrons. The smallest absolute Gasteiger partial charge is 0.348 e. The number of nitrogens with zero attached hydrogens (tertiary/aromatic N) is 1. The third kappa shape index (κ3) is 3.95. The van der Waals surface area contributed by atoms with Gasteiger partial charge in [-0.25, -0.2) is 4.79 Å². The molecule has 0 saturated heterocycles. The quantitative estimate of drug-likeness (QED) is 0.488. The number of para-hydroxylation sites is 1. The van der Waals surface area contributed by atoms with Crippen LogP contribution in [0.5, 0.6) is 11.5 Å². The van der Waals surface area contributed by atoms with Gasteiger partial charge < -0.3 is 9.47 Å². The molecule has 0 atom stereocenters. The maximum atomic E-state index is 11.4. The average molecular weight is 279 g/mol. The van der Waals surface area contributed by atoms with Gasteiger partial charge >= 0.3 is 5.97 Å². The Hall–Kier alpha value is -3.06. The molecule has 0 saturated carbocycles. The summed E-state index contributed by atoms with van der Waals surface area (Å²) in [6.45, 7) is 0. The summed E-state index contributed by atoms with van der Waals surface area (Å²) in [6, 6.07) is 18.3. The van der Waals surface area contributed by atoms with E-state index in [2.05, 4.69) is 4.74 Å². The van der Waals surface area contributed by atoms with Crippen LogP contribution in [0, 0.1) is 11.3 Å². The highest BCUT2D eigenvalue weighted by molar-refractivity contribution is 5.97. The lowest BCUT2D eigenvalue weighted by molar-refractivity contribution is -0.135. The van der Waals surface area contributed by atoms with Crippen LogP contribution in [0.2, 0.25) is 0 Å². The van der Waals surface area contributed by atoms with Gasteiger partial charge in [0, 0.05) is 0 Å². The molecule has 0 aliphatic rings. The Balaban J connectivity index is 2.24. The number of rotatable bonds is 4. The fraction of sp³-hybridized carbons (Fsp3) is 0.0588. The lowest BCUT2D eigenvalue weighted by Gasteiger charge is -2.06. The highest BCUT2D eigenvalue weighted by Gasteiger charge is 2.08. The Bertz CT molecular complexity index is 699. The fourth-order valence-electron chi connectivity index (χ4n) is 1.71. The fourth-order valence-corrected chi connectivity index (χ4v) is 1.71. The van der Waals surface area contributed by atoms with Crippen molar-refractivity contribution in [1.29, 1.82) is 5.26 Å². The van der Waals surface area contributed by atoms with Crippen molar-refractivity contribution < 1.29 is 14.3 Å². The zero-order chi connectivity index (χ0) is 15.1. The predicted molar refractivity (Wildman–Crippen MR) is 78.6 cm³/mol. The largest absolute Gasteiger partial charge is 0.465 e. The molecule has 0 amide bonds. The number of benzene rings is 2. The Labute approximate surface area is 122 Å². The Morgan fingerprint density at radius 2 is 1.81 bits per heavy atom. The van der Waals surface area contributed by atoms with Gasteiger partial charge in [0.05, 0.1) is 7.11 Å². The Morgan fingerprint density at radius 3 is 2.48 bits per heavy atom. The van der Waals surface area contributed by atoms with Crippen molar-refractivity contribution in [1.82, 2.24) is 0 Å². The number of carbonyl (C=O) groups is 1. The molecule has 21 heavy (non-hydrogen) atoms. The van der Waals surface area contributed by atoms with Gasteiger partial charge in [-0.2, -0.15) is 5.26 Å². The molecule has 0 N–H and O–H groups in total. The molecular formula is C17H13NO3. The van der Waals surface area contributed by atoms with Crippen LogP contribution in [-0.4, -0.2) is 13.1 Å². The maximum absolute atomic E-state index is 11.4. The summed E-state index contributed by atoms with van der Waals surface area (Å²) in [4.78, 5) is 11.4. The van der Waals surface area contributed by atoms with Gasteiger partial charge in [0.2, 0.25) is 0 Å². The van der Waals surface area contributed by atoms with Crippen LogP contribution in [-0.2, 0) is 9.53 Å². The predicted octanol–water partition coefficient (Wildman–Crippen LogP) is 3.56. The van der Waals surface area contributed by atoms with Crippen LogP contribution in [0.1, 0.15) is 5.56 Å². The van der Waals surface area contributed by atoms with Crippen LogP contribution >= 0.6 is 0 Å². The van der Waals surface area contributed by atoms with Crippen molar-refractivity contribution in [3.8, 4) is 17.6 Å². The monoisotopic (exact) mass is 279 g/mol. The lowest BCUT2D eigenvalue weighted by Crippen LogP contribution is -2.02. The van der Waals surface area contributed by atoms with Crippen molar-refractivity contribution in [2.24, 2.45) is 0 Å². The molecule has 0 fully saturated rings. The van der Waals surface area contributed by atoms with Gasteiger partial charge in [-0.3, -0.25) is 0 Å². The van der Waals surface area contributed by atoms with Crippen LogP contribution in [0.3, 0.4) is 0 Å². The SMILES string of the molecule is COC(=O)/C(C#N)=C/c1cccc(Oc2ccccc2)c1. The number of nitriles is 1. The molecule has 0 unspecified atom stereocenters. The number of esters is 1. The summed E-state index contributed by atoms with van der Waals surface area (Å²) < 4.78 is 10.2. The van der Waals surface area contributed by atoms with E-state index >= 15 is 0 Å². The van der Waals surface area contributed by atoms with Crippen LogP contribution in [0.25, 0.3) is 6.08 Å². The number of hydrogen-bond donors (Lipinski definition) is 0. The third-order valence-corrected chi connectivity index (χ3v) is 2.67. The van der Waals surface area contributed by atoms with E-state index in [1.807, 2.05) is 36.4 Å². The first-order valence-electron chi connectivity index (χ1n) is 6.26. The summed E-state index contributed by atoms with van der Waals surface area (Å²) in [5.41, 5.74) is 0.625. The number of methoxy groups -OCH3 is 1. The minimum atomic E-state index is -0.660. The van der Waals surface area contributed by atoms with E-state index in [-0.39, 0.29) is 5.57 Å². The Kier molecular flexibility index (Phi) is 4.73. The zero-order valence-corrected chi connectivity index (χ0v) is 11.4. The van der Waals surface area contributed by atoms with Crippen molar-refractivity contribution >= 4 is 12.0 Å². The molecule has 0 spiro atoms. The summed E-state index contributed by atoms with van der Waals surface area (Å²) in [7, 11) is 1.24. The van der Waals surface area contributed by atoms with E-state index < -0.39 is 5.97 Å². The summed E-state index contributed by atoms with van der Waals surface area (Å²) >= 11 is 0. The van der Waals surface area contributed by atoms with Gasteiger partial charge in [-0.15, -0.1) is 0 Å². The van der Waals surface area contributed by atoms with Gasteiger partial charge in [0.1, 0.15) is 23.1 Å². The van der Waals surface area contributed by atoms with Crippen LogP contribution in [0.15, 0.2) is 60.2 Å². The van der Waals surface area contributed by atoms with Crippen molar-refractivity contribution in [3.05, 3.63) is 65.7 Å². The highest BCUT2D eigenvalue weighted by atomic mass is 16.5. The highest BCUT2D eigenvalue weighted by Crippen LogP contribution is 2.22. The van der Waals surface area contributed by atoms with E-state index in [0.717, 1.165) is 0 Å². The lowest BCUT2D eigenvalue weighted by atomic mass is 10.1. The van der Waals surface area contributed by atoms with Gasteiger partial charge in [0.15, 0.2) is 0 Å². The minimum Gasteiger partial charge on any atom is -0.465 e. The topological polar surface area (TPSA) is 59.3 Å². The van der Waals surface area contributed by atoms with Crippen molar-refractivity contribution in [3.63, 3.8) is 0 Å². The first kappa shape index (κ1) is 14.4. The second kappa shape index (κ2) is 6.92. The molecule has 0 aromatic heterocycles. The summed E-state index contributed by atoms with van der Waals surface area (Å²) in [6.07, 6.45) is 1.46. The molecule has 0 heterocycles. The molecular weight excluding hydrogens is 266 g/mol. The molecule has 0 aliphatic heterocycles. The molecule has 104 valence electrons. The van der Waals surface area contributed by atoms with E-state index in [4.69, 9.17) is 10.00 Å². The molecule has 4 nitrogen and oxygen atoms in total. The van der Waals surface area contributed by atoms with Crippen molar-refractivity contribution in [2.75, 3.05) is 7.11 Å². The number of ether oxygens (including phenoxy) is 2. The number of hydrogen-bond acceptors (Lipinski definition) is 4. The summed E-state index contributed by atoms with van der Waals surface area (Å²) in [5, 5.41) is 8.94. The molecule has 2 aromatic rings. The molecule has 4 heteroatoms. The van der Waals surface area contributed by atoms with Gasteiger partial charge in [0.25, 0.3) is 0 Å². The normalized spacial score (nSPS) is 10.6. The third-order valence-electron chi connectivity index (χ3n) is 2.67. The summed E-state index contributed by atoms with van der Waals surface area (Å²) in [5.74, 6) is 0.677. The standard InChI is InChI=1S/C17H13NO3/c1-20-17(19)14(12-18)10-13-6-5-9-16(11-13)21-15-7-3-2-4-8-15/h2-11H,1H3/b14-10+. The first-order chi connectivity index (χ1) is 10.2. The molecule has 0 aliphatic carbocycles. The average Bonchev–Trinajstić information content (AvgIpc) is 2.53. The van der Waals surface area contributed by atoms with E-state index in [1.165, 1.54) is 13.2 Å². The van der Waals surface area contributed by atoms with E-state index in [1.54, 1.807) is 24.3 Å². The zero-order valence-electron chi connectivity index (χ0n) is 11.4. The van der Waals surface area contributed by atoms with Crippen molar-refractivity contribution in [2.45, 2.75) is 0 Å². The second-order valence-electron chi connectivity index (χ2n) is 4.15. The van der Waals surface area contributed by atoms with Crippen LogP contribution < -0.4 is 4.74 Å².